The van der Waals surface area contributed by atoms with Crippen molar-refractivity contribution >= 4 is 26.8 Å². The molecule has 0 amide bonds. The first-order valence-electron chi connectivity index (χ1n) is 9.21. The van der Waals surface area contributed by atoms with Crippen molar-refractivity contribution in [3.05, 3.63) is 0 Å². The molecule has 1 rings (SSSR count). The van der Waals surface area contributed by atoms with Crippen molar-refractivity contribution in [3.63, 3.8) is 0 Å². The number of Topliss-reactive ketones (excluding diaryl/α,β-unsaturated/α-hetero) is 1. The summed E-state index contributed by atoms with van der Waals surface area (Å²) in [6.07, 6.45) is 2.01. The van der Waals surface area contributed by atoms with Crippen molar-refractivity contribution in [1.29, 1.82) is 0 Å². The molecule has 32 heavy (non-hydrogen) atoms. The summed E-state index contributed by atoms with van der Waals surface area (Å²) in [6.45, 7) is 6.11. The second-order valence-corrected chi connectivity index (χ2v) is 12.1. The van der Waals surface area contributed by atoms with Gasteiger partial charge >= 0.3 is 23.3 Å². The normalized spacial score (nSPS) is 18.6. The molecule has 1 aliphatic carbocycles. The summed E-state index contributed by atoms with van der Waals surface area (Å²) in [5.74, 6) is -13.6. The van der Waals surface area contributed by atoms with E-state index < -0.39 is 33.4 Å². The summed E-state index contributed by atoms with van der Waals surface area (Å²) in [6, 6.07) is 0. The molecule has 1 atom stereocenters. The Hall–Kier alpha value is -0.700. The number of hydrogen-bond acceptors (Lipinski definition) is 4. The zero-order valence-corrected chi connectivity index (χ0v) is 19.3. The van der Waals surface area contributed by atoms with Crippen LogP contribution >= 0.6 is 0 Å². The van der Waals surface area contributed by atoms with Gasteiger partial charge in [-0.1, -0.05) is 27.2 Å². The second-order valence-electron chi connectivity index (χ2n) is 8.39. The Labute approximate surface area is 183 Å². The van der Waals surface area contributed by atoms with Crippen LogP contribution in [-0.2, 0) is 25.8 Å². The fraction of sp³-hybridized carbons (Fsp3) is 0.941. The third kappa shape index (κ3) is 7.15. The number of carbonyl (C=O) groups excluding carboxylic acids is 1. The lowest BCUT2D eigenvalue weighted by Crippen LogP contribution is -2.63. The van der Waals surface area contributed by atoms with Crippen molar-refractivity contribution in [2.75, 3.05) is 12.0 Å². The monoisotopic (exact) mass is 528 g/mol. The number of halogens is 9. The van der Waals surface area contributed by atoms with E-state index in [9.17, 15) is 57.3 Å². The third-order valence-electron chi connectivity index (χ3n) is 4.75. The quantitative estimate of drug-likeness (QED) is 0.272. The summed E-state index contributed by atoms with van der Waals surface area (Å²) < 4.78 is 135. The minimum atomic E-state index is -7.43. The average molecular weight is 528 g/mol. The topological polar surface area (TPSA) is 74.3 Å². The molecule has 1 aliphatic rings. The Morgan fingerprint density at radius 2 is 1.28 bits per heavy atom. The maximum absolute atomic E-state index is 12.2. The van der Waals surface area contributed by atoms with Gasteiger partial charge in [0.1, 0.15) is 5.25 Å². The van der Waals surface area contributed by atoms with Crippen LogP contribution in [0.1, 0.15) is 52.9 Å². The smallest absolute Gasteiger partial charge is 0.460 e. The molecule has 1 fully saturated rings. The van der Waals surface area contributed by atoms with E-state index in [4.69, 9.17) is 0 Å². The standard InChI is InChI=1S/C13H25OS.C4HF9O3S/c1-13(2,3)12(14)10-15(4)11-8-6-5-7-9-11;5-1(6,3(9,10)11)2(7,8)4(12,13)17(14,15)16/h11H,5-10H2,1-4H3;(H,14,15,16)/q+1;/p-1. The van der Waals surface area contributed by atoms with E-state index in [1.165, 1.54) is 32.1 Å². The molecule has 0 bridgehead atoms. The van der Waals surface area contributed by atoms with E-state index >= 15 is 0 Å². The van der Waals surface area contributed by atoms with Crippen molar-refractivity contribution in [2.45, 2.75) is 81.4 Å². The Morgan fingerprint density at radius 1 is 0.875 bits per heavy atom. The fourth-order valence-electron chi connectivity index (χ4n) is 2.53. The highest BCUT2D eigenvalue weighted by Gasteiger charge is 2.83. The van der Waals surface area contributed by atoms with Crippen molar-refractivity contribution < 1.29 is 57.3 Å². The van der Waals surface area contributed by atoms with Crippen LogP contribution in [0.5, 0.6) is 0 Å². The molecule has 0 N–H and O–H groups in total. The van der Waals surface area contributed by atoms with Gasteiger partial charge in [-0.2, -0.15) is 39.5 Å². The summed E-state index contributed by atoms with van der Waals surface area (Å²) in [5.41, 5.74) is -0.143. The average Bonchev–Trinajstić information content (AvgIpc) is 2.59. The van der Waals surface area contributed by atoms with Crippen LogP contribution in [0.25, 0.3) is 0 Å². The molecule has 0 saturated heterocycles. The van der Waals surface area contributed by atoms with Gasteiger partial charge in [0.15, 0.2) is 21.7 Å². The zero-order valence-electron chi connectivity index (χ0n) is 17.7. The first-order chi connectivity index (χ1) is 13.9. The van der Waals surface area contributed by atoms with Gasteiger partial charge in [-0.05, 0) is 36.6 Å². The number of carbonyl (C=O) groups is 1. The van der Waals surface area contributed by atoms with Crippen LogP contribution in [0.3, 0.4) is 0 Å². The Bertz CT molecular complexity index is 738. The van der Waals surface area contributed by atoms with Gasteiger partial charge in [-0.25, -0.2) is 8.42 Å². The van der Waals surface area contributed by atoms with Crippen LogP contribution in [0.4, 0.5) is 39.5 Å². The first kappa shape index (κ1) is 31.3. The molecule has 192 valence electrons. The molecular weight excluding hydrogens is 503 g/mol. The lowest BCUT2D eigenvalue weighted by atomic mass is 9.92. The Morgan fingerprint density at radius 3 is 1.59 bits per heavy atom. The molecule has 0 aromatic carbocycles. The van der Waals surface area contributed by atoms with Gasteiger partial charge in [0, 0.05) is 5.41 Å². The van der Waals surface area contributed by atoms with Gasteiger partial charge in [0.25, 0.3) is 0 Å². The highest BCUT2D eigenvalue weighted by molar-refractivity contribution is 7.97. The fourth-order valence-corrected chi connectivity index (χ4v) is 5.19. The highest BCUT2D eigenvalue weighted by Crippen LogP contribution is 2.54. The van der Waals surface area contributed by atoms with E-state index in [-0.39, 0.29) is 5.41 Å². The predicted molar refractivity (Wildman–Crippen MR) is 100 cm³/mol. The minimum Gasteiger partial charge on any atom is -0.743 e. The maximum atomic E-state index is 12.2. The number of rotatable bonds is 6. The number of alkyl halides is 9. The van der Waals surface area contributed by atoms with E-state index in [1.807, 2.05) is 20.8 Å². The molecule has 0 heterocycles. The lowest BCUT2D eigenvalue weighted by Gasteiger charge is -2.34. The number of hydrogen-bond donors (Lipinski definition) is 0. The van der Waals surface area contributed by atoms with Crippen LogP contribution in [0.15, 0.2) is 0 Å². The molecule has 0 radical (unpaired) electrons. The summed E-state index contributed by atoms with van der Waals surface area (Å²) in [5, 5.41) is -6.27. The van der Waals surface area contributed by atoms with Crippen molar-refractivity contribution in [1.82, 2.24) is 0 Å². The van der Waals surface area contributed by atoms with E-state index in [1.54, 1.807) is 0 Å². The molecule has 15 heteroatoms. The molecule has 0 aliphatic heterocycles. The van der Waals surface area contributed by atoms with Crippen molar-refractivity contribution in [3.8, 4) is 0 Å². The second kappa shape index (κ2) is 10.3. The minimum absolute atomic E-state index is 0.143. The molecular formula is C17H25F9O4S2. The van der Waals surface area contributed by atoms with Crippen LogP contribution in [0.2, 0.25) is 0 Å². The third-order valence-corrected chi connectivity index (χ3v) is 7.96. The predicted octanol–water partition coefficient (Wildman–Crippen LogP) is 5.14. The van der Waals surface area contributed by atoms with E-state index in [0.29, 0.717) is 16.7 Å². The van der Waals surface area contributed by atoms with E-state index in [2.05, 4.69) is 6.26 Å². The number of ketones is 1. The molecule has 1 saturated carbocycles. The van der Waals surface area contributed by atoms with Gasteiger partial charge in [0.05, 0.1) is 6.26 Å². The van der Waals surface area contributed by atoms with Gasteiger partial charge in [-0.3, -0.25) is 4.79 Å². The molecule has 0 aromatic rings. The van der Waals surface area contributed by atoms with Crippen LogP contribution in [0, 0.1) is 5.41 Å². The van der Waals surface area contributed by atoms with Gasteiger partial charge in [0.2, 0.25) is 0 Å². The summed E-state index contributed by atoms with van der Waals surface area (Å²) >= 11 is 0. The first-order valence-corrected chi connectivity index (χ1v) is 12.5. The summed E-state index contributed by atoms with van der Waals surface area (Å²) in [4.78, 5) is 11.9. The molecule has 0 aromatic heterocycles. The lowest BCUT2D eigenvalue weighted by molar-refractivity contribution is -0.382. The molecule has 4 nitrogen and oxygen atoms in total. The van der Waals surface area contributed by atoms with Crippen molar-refractivity contribution in [2.24, 2.45) is 5.41 Å². The summed E-state index contributed by atoms with van der Waals surface area (Å²) in [7, 11) is -7.10. The Balaban J connectivity index is 0.000000604. The van der Waals surface area contributed by atoms with Gasteiger partial charge in [-0.15, -0.1) is 0 Å². The zero-order chi connectivity index (χ0) is 26.0. The molecule has 0 spiro atoms. The molecule has 1 unspecified atom stereocenters. The maximum Gasteiger partial charge on any atom is 0.460 e. The largest absolute Gasteiger partial charge is 0.743 e. The highest BCUT2D eigenvalue weighted by atomic mass is 32.2. The van der Waals surface area contributed by atoms with Crippen LogP contribution < -0.4 is 0 Å². The van der Waals surface area contributed by atoms with E-state index in [0.717, 1.165) is 11.0 Å². The SMILES string of the molecule is C[S+](CC(=O)C(C)(C)C)C1CCCCC1.O=S(=O)([O-])C(F)(F)C(F)(F)C(F)(F)C(F)(F)F. The van der Waals surface area contributed by atoms with Gasteiger partial charge < -0.3 is 4.55 Å². The van der Waals surface area contributed by atoms with Crippen LogP contribution in [-0.4, -0.2) is 59.3 Å². The Kier molecular flexibility index (Phi) is 10.1.